The Hall–Kier alpha value is -0.930. The molecule has 0 saturated heterocycles. The van der Waals surface area contributed by atoms with Crippen molar-refractivity contribution in [3.05, 3.63) is 34.6 Å². The van der Waals surface area contributed by atoms with E-state index in [9.17, 15) is 9.18 Å². The van der Waals surface area contributed by atoms with Crippen LogP contribution in [0.1, 0.15) is 17.3 Å². The van der Waals surface area contributed by atoms with Crippen molar-refractivity contribution in [3.8, 4) is 0 Å². The van der Waals surface area contributed by atoms with Gasteiger partial charge >= 0.3 is 0 Å². The lowest BCUT2D eigenvalue weighted by Gasteiger charge is -2.03. The maximum absolute atomic E-state index is 13.2. The van der Waals surface area contributed by atoms with Gasteiger partial charge in [0.05, 0.1) is 12.1 Å². The van der Waals surface area contributed by atoms with Crippen molar-refractivity contribution in [2.24, 2.45) is 0 Å². The first-order chi connectivity index (χ1) is 6.65. The fourth-order valence-corrected chi connectivity index (χ4v) is 1.21. The second-order valence-corrected chi connectivity index (χ2v) is 3.26. The zero-order valence-corrected chi connectivity index (χ0v) is 8.57. The lowest BCUT2D eigenvalue weighted by molar-refractivity contribution is 0.0988. The molecule has 0 saturated carbocycles. The molecule has 0 amide bonds. The number of nitrogens with one attached hydrogen (secondary N) is 1. The summed E-state index contributed by atoms with van der Waals surface area (Å²) in [6.07, 6.45) is 0. The molecule has 0 bridgehead atoms. The number of carbonyl (C=O) groups excluding carboxylic acids is 1. The third-order valence-electron chi connectivity index (χ3n) is 1.77. The minimum absolute atomic E-state index is 0.0790. The molecule has 4 heteroatoms. The minimum Gasteiger partial charge on any atom is -0.310 e. The Labute approximate surface area is 87.1 Å². The van der Waals surface area contributed by atoms with Crippen LogP contribution < -0.4 is 5.32 Å². The molecule has 0 spiro atoms. The first-order valence-electron chi connectivity index (χ1n) is 4.34. The number of likely N-dealkylation sites (N-methyl/N-ethyl adjacent to an activating group) is 1. The highest BCUT2D eigenvalue weighted by Gasteiger charge is 2.10. The van der Waals surface area contributed by atoms with Gasteiger partial charge in [0.2, 0.25) is 0 Å². The molecular weight excluding hydrogens is 205 g/mol. The molecule has 0 unspecified atom stereocenters. The molecule has 0 aliphatic carbocycles. The first-order valence-corrected chi connectivity index (χ1v) is 4.72. The normalized spacial score (nSPS) is 10.2. The number of hydrogen-bond acceptors (Lipinski definition) is 2. The molecule has 14 heavy (non-hydrogen) atoms. The fourth-order valence-electron chi connectivity index (χ4n) is 1.05. The average molecular weight is 216 g/mol. The van der Waals surface area contributed by atoms with Crippen molar-refractivity contribution in [1.82, 2.24) is 5.32 Å². The van der Waals surface area contributed by atoms with Crippen molar-refractivity contribution in [3.63, 3.8) is 0 Å². The van der Waals surface area contributed by atoms with E-state index < -0.39 is 5.82 Å². The third-order valence-corrected chi connectivity index (χ3v) is 2.00. The Morgan fingerprint density at radius 2 is 2.29 bits per heavy atom. The van der Waals surface area contributed by atoms with Crippen molar-refractivity contribution in [2.75, 3.05) is 13.1 Å². The number of rotatable bonds is 4. The Balaban J connectivity index is 2.80. The maximum atomic E-state index is 13.2. The number of Topliss-reactive ketones (excluding diaryl/α,β-unsaturated/α-hetero) is 1. The lowest BCUT2D eigenvalue weighted by atomic mass is 10.1. The van der Waals surface area contributed by atoms with E-state index in [0.29, 0.717) is 11.6 Å². The van der Waals surface area contributed by atoms with Crippen LogP contribution in [0.3, 0.4) is 0 Å². The summed E-state index contributed by atoms with van der Waals surface area (Å²) in [5, 5.41) is 3.13. The van der Waals surface area contributed by atoms with Gasteiger partial charge in [0.1, 0.15) is 5.82 Å². The van der Waals surface area contributed by atoms with E-state index in [-0.39, 0.29) is 17.9 Å². The number of halogens is 2. The van der Waals surface area contributed by atoms with Crippen molar-refractivity contribution < 1.29 is 9.18 Å². The third kappa shape index (κ3) is 2.79. The summed E-state index contributed by atoms with van der Waals surface area (Å²) in [4.78, 5) is 11.4. The molecule has 1 N–H and O–H groups in total. The number of ketones is 1. The Bertz CT molecular complexity index is 341. The van der Waals surface area contributed by atoms with Gasteiger partial charge in [0, 0.05) is 5.02 Å². The molecule has 1 rings (SSSR count). The van der Waals surface area contributed by atoms with Crippen LogP contribution in [0.25, 0.3) is 0 Å². The minimum atomic E-state index is -0.569. The van der Waals surface area contributed by atoms with Gasteiger partial charge in [-0.05, 0) is 24.7 Å². The summed E-state index contributed by atoms with van der Waals surface area (Å²) < 4.78 is 13.2. The molecular formula is C10H11ClFNO. The van der Waals surface area contributed by atoms with Gasteiger partial charge in [0.25, 0.3) is 0 Å². The predicted molar refractivity (Wildman–Crippen MR) is 54.3 cm³/mol. The average Bonchev–Trinajstić information content (AvgIpc) is 2.14. The zero-order valence-electron chi connectivity index (χ0n) is 7.81. The SMILES string of the molecule is CCNCC(=O)c1ccc(Cl)cc1F. The van der Waals surface area contributed by atoms with Gasteiger partial charge in [-0.25, -0.2) is 4.39 Å². The fraction of sp³-hybridized carbons (Fsp3) is 0.300. The topological polar surface area (TPSA) is 29.1 Å². The summed E-state index contributed by atoms with van der Waals surface area (Å²) in [7, 11) is 0. The summed E-state index contributed by atoms with van der Waals surface area (Å²) in [6, 6.07) is 4.04. The van der Waals surface area contributed by atoms with Gasteiger partial charge < -0.3 is 5.32 Å². The Morgan fingerprint density at radius 1 is 1.57 bits per heavy atom. The van der Waals surface area contributed by atoms with E-state index in [0.717, 1.165) is 6.07 Å². The molecule has 0 atom stereocenters. The van der Waals surface area contributed by atoms with Crippen molar-refractivity contribution >= 4 is 17.4 Å². The smallest absolute Gasteiger partial charge is 0.179 e. The van der Waals surface area contributed by atoms with Crippen molar-refractivity contribution in [2.45, 2.75) is 6.92 Å². The highest BCUT2D eigenvalue weighted by Crippen LogP contribution is 2.14. The standard InChI is InChI=1S/C10H11ClFNO/c1-2-13-6-10(14)8-4-3-7(11)5-9(8)12/h3-5,13H,2,6H2,1H3. The van der Waals surface area contributed by atoms with Gasteiger partial charge in [-0.1, -0.05) is 18.5 Å². The largest absolute Gasteiger partial charge is 0.310 e. The van der Waals surface area contributed by atoms with Crippen LogP contribution in [0.15, 0.2) is 18.2 Å². The summed E-state index contributed by atoms with van der Waals surface area (Å²) in [5.74, 6) is -0.832. The van der Waals surface area contributed by atoms with Crippen LogP contribution in [0.4, 0.5) is 4.39 Å². The van der Waals surface area contributed by atoms with Crippen LogP contribution >= 0.6 is 11.6 Å². The number of benzene rings is 1. The van der Waals surface area contributed by atoms with Gasteiger partial charge in [0.15, 0.2) is 5.78 Å². The molecule has 0 heterocycles. The summed E-state index contributed by atoms with van der Waals surface area (Å²) in [5.41, 5.74) is 0.0790. The molecule has 0 aromatic heterocycles. The van der Waals surface area contributed by atoms with Gasteiger partial charge in [-0.15, -0.1) is 0 Å². The molecule has 0 radical (unpaired) electrons. The van der Waals surface area contributed by atoms with Crippen LogP contribution in [-0.4, -0.2) is 18.9 Å². The zero-order chi connectivity index (χ0) is 10.6. The quantitative estimate of drug-likeness (QED) is 0.781. The summed E-state index contributed by atoms with van der Waals surface area (Å²) >= 11 is 5.56. The van der Waals surface area contributed by atoms with E-state index in [4.69, 9.17) is 11.6 Å². The van der Waals surface area contributed by atoms with Crippen molar-refractivity contribution in [1.29, 1.82) is 0 Å². The molecule has 1 aromatic carbocycles. The van der Waals surface area contributed by atoms with Gasteiger partial charge in [-0.2, -0.15) is 0 Å². The van der Waals surface area contributed by atoms with E-state index >= 15 is 0 Å². The summed E-state index contributed by atoms with van der Waals surface area (Å²) in [6.45, 7) is 2.71. The molecule has 0 aliphatic rings. The molecule has 0 fully saturated rings. The Morgan fingerprint density at radius 3 is 2.86 bits per heavy atom. The predicted octanol–water partition coefficient (Wildman–Crippen LogP) is 2.27. The number of hydrogen-bond donors (Lipinski definition) is 1. The lowest BCUT2D eigenvalue weighted by Crippen LogP contribution is -2.23. The van der Waals surface area contributed by atoms with E-state index in [2.05, 4.69) is 5.32 Å². The van der Waals surface area contributed by atoms with Crippen LogP contribution in [0.2, 0.25) is 5.02 Å². The highest BCUT2D eigenvalue weighted by atomic mass is 35.5. The monoisotopic (exact) mass is 215 g/mol. The second-order valence-electron chi connectivity index (χ2n) is 2.83. The van der Waals surface area contributed by atoms with Crippen LogP contribution in [0.5, 0.6) is 0 Å². The van der Waals surface area contributed by atoms with E-state index in [1.54, 1.807) is 0 Å². The number of carbonyl (C=O) groups is 1. The molecule has 1 aromatic rings. The second kappa shape index (κ2) is 5.08. The van der Waals surface area contributed by atoms with Crippen LogP contribution in [-0.2, 0) is 0 Å². The molecule has 0 aliphatic heterocycles. The van der Waals surface area contributed by atoms with E-state index in [1.807, 2.05) is 6.92 Å². The molecule has 76 valence electrons. The molecule has 2 nitrogen and oxygen atoms in total. The van der Waals surface area contributed by atoms with Crippen LogP contribution in [0, 0.1) is 5.82 Å². The van der Waals surface area contributed by atoms with Gasteiger partial charge in [-0.3, -0.25) is 4.79 Å². The Kier molecular flexibility index (Phi) is 4.04. The van der Waals surface area contributed by atoms with E-state index in [1.165, 1.54) is 12.1 Å². The first kappa shape index (κ1) is 11.1. The maximum Gasteiger partial charge on any atom is 0.179 e. The highest BCUT2D eigenvalue weighted by molar-refractivity contribution is 6.30.